The lowest BCUT2D eigenvalue weighted by Gasteiger charge is -2.09. The predicted octanol–water partition coefficient (Wildman–Crippen LogP) is 3.87. The molecule has 1 amide bonds. The fourth-order valence-corrected chi connectivity index (χ4v) is 2.21. The number of hydrogen-bond acceptors (Lipinski definition) is 2. The van der Waals surface area contributed by atoms with Crippen LogP contribution in [0.1, 0.15) is 17.5 Å². The van der Waals surface area contributed by atoms with Crippen molar-refractivity contribution >= 4 is 11.6 Å². The summed E-state index contributed by atoms with van der Waals surface area (Å²) in [5.41, 5.74) is 0.854. The smallest absolute Gasteiger partial charge is 0.325 e. The molecule has 0 bridgehead atoms. The number of amides is 1. The van der Waals surface area contributed by atoms with Gasteiger partial charge in [-0.2, -0.15) is 13.2 Å². The molecule has 0 spiro atoms. The summed E-state index contributed by atoms with van der Waals surface area (Å²) in [6, 6.07) is 14.4. The van der Waals surface area contributed by atoms with Gasteiger partial charge >= 0.3 is 6.18 Å². The highest BCUT2D eigenvalue weighted by molar-refractivity contribution is 5.92. The predicted molar refractivity (Wildman–Crippen MR) is 87.7 cm³/mol. The van der Waals surface area contributed by atoms with Gasteiger partial charge in [0, 0.05) is 5.69 Å². The fourth-order valence-electron chi connectivity index (χ4n) is 2.21. The van der Waals surface area contributed by atoms with E-state index < -0.39 is 11.7 Å². The second kappa shape index (κ2) is 8.49. The molecular formula is C18H19F3N2O. The molecule has 6 heteroatoms. The summed E-state index contributed by atoms with van der Waals surface area (Å²) < 4.78 is 37.3. The number of anilines is 1. The molecule has 0 aliphatic heterocycles. The van der Waals surface area contributed by atoms with Crippen molar-refractivity contribution in [2.75, 3.05) is 18.4 Å². The number of aryl methyl sites for hydroxylation is 1. The van der Waals surface area contributed by atoms with Gasteiger partial charge in [-0.1, -0.05) is 30.3 Å². The number of rotatable bonds is 7. The van der Waals surface area contributed by atoms with Gasteiger partial charge < -0.3 is 10.6 Å². The van der Waals surface area contributed by atoms with Gasteiger partial charge in [0.1, 0.15) is 0 Å². The second-order valence-corrected chi connectivity index (χ2v) is 5.39. The van der Waals surface area contributed by atoms with Crippen LogP contribution in [0.4, 0.5) is 18.9 Å². The van der Waals surface area contributed by atoms with E-state index in [9.17, 15) is 18.0 Å². The monoisotopic (exact) mass is 336 g/mol. The summed E-state index contributed by atoms with van der Waals surface area (Å²) in [4.78, 5) is 11.7. The molecule has 2 N–H and O–H groups in total. The summed E-state index contributed by atoms with van der Waals surface area (Å²) in [6.45, 7) is 0.811. The molecule has 0 aliphatic rings. The number of carbonyl (C=O) groups excluding carboxylic acids is 1. The van der Waals surface area contributed by atoms with E-state index in [2.05, 4.69) is 22.8 Å². The molecule has 0 aromatic heterocycles. The summed E-state index contributed by atoms with van der Waals surface area (Å²) >= 11 is 0. The molecule has 2 rings (SSSR count). The molecule has 0 unspecified atom stereocenters. The van der Waals surface area contributed by atoms with E-state index in [0.717, 1.165) is 25.0 Å². The molecule has 0 heterocycles. The lowest BCUT2D eigenvalue weighted by atomic mass is 10.1. The molecule has 2 aromatic carbocycles. The van der Waals surface area contributed by atoms with Gasteiger partial charge in [0.15, 0.2) is 0 Å². The standard InChI is InChI=1S/C18H19F3N2O/c19-18(20,21)15-8-10-16(11-9-15)23-17(24)13-22-12-4-7-14-5-2-1-3-6-14/h1-3,5-6,8-11,22H,4,7,12-13H2,(H,23,24). The summed E-state index contributed by atoms with van der Waals surface area (Å²) in [5.74, 6) is -0.283. The first-order chi connectivity index (χ1) is 11.4. The van der Waals surface area contributed by atoms with Gasteiger partial charge in [-0.25, -0.2) is 0 Å². The lowest BCUT2D eigenvalue weighted by Crippen LogP contribution is -2.29. The first kappa shape index (κ1) is 18.0. The normalized spacial score (nSPS) is 11.3. The third kappa shape index (κ3) is 6.04. The number of alkyl halides is 3. The van der Waals surface area contributed by atoms with Gasteiger partial charge in [0.25, 0.3) is 0 Å². The molecule has 0 atom stereocenters. The highest BCUT2D eigenvalue weighted by Gasteiger charge is 2.29. The Bertz CT molecular complexity index is 640. The summed E-state index contributed by atoms with van der Waals surface area (Å²) in [6.07, 6.45) is -2.55. The maximum atomic E-state index is 12.4. The van der Waals surface area contributed by atoms with Gasteiger partial charge in [-0.05, 0) is 49.2 Å². The van der Waals surface area contributed by atoms with Gasteiger partial charge in [-0.3, -0.25) is 4.79 Å². The number of nitrogens with one attached hydrogen (secondary N) is 2. The van der Waals surface area contributed by atoms with Crippen molar-refractivity contribution in [3.63, 3.8) is 0 Å². The Morgan fingerprint density at radius 1 is 0.958 bits per heavy atom. The van der Waals surface area contributed by atoms with Crippen molar-refractivity contribution in [1.82, 2.24) is 5.32 Å². The Labute approximate surface area is 138 Å². The molecule has 0 radical (unpaired) electrons. The Balaban J connectivity index is 1.66. The van der Waals surface area contributed by atoms with E-state index in [-0.39, 0.29) is 12.5 Å². The van der Waals surface area contributed by atoms with E-state index in [4.69, 9.17) is 0 Å². The largest absolute Gasteiger partial charge is 0.416 e. The summed E-state index contributed by atoms with van der Waals surface area (Å²) in [5, 5.41) is 5.58. The average Bonchev–Trinajstić information content (AvgIpc) is 2.55. The van der Waals surface area contributed by atoms with Crippen LogP contribution in [-0.2, 0) is 17.4 Å². The SMILES string of the molecule is O=C(CNCCCc1ccccc1)Nc1ccc(C(F)(F)F)cc1. The van der Waals surface area contributed by atoms with Gasteiger partial charge in [0.2, 0.25) is 5.91 Å². The van der Waals surface area contributed by atoms with Crippen molar-refractivity contribution in [1.29, 1.82) is 0 Å². The van der Waals surface area contributed by atoms with Crippen LogP contribution >= 0.6 is 0 Å². The minimum Gasteiger partial charge on any atom is -0.325 e. The van der Waals surface area contributed by atoms with E-state index in [1.165, 1.54) is 17.7 Å². The van der Waals surface area contributed by atoms with Crippen molar-refractivity contribution in [2.45, 2.75) is 19.0 Å². The maximum absolute atomic E-state index is 12.4. The van der Waals surface area contributed by atoms with Crippen molar-refractivity contribution in [3.8, 4) is 0 Å². The van der Waals surface area contributed by atoms with Crippen LogP contribution in [0.5, 0.6) is 0 Å². The number of hydrogen-bond donors (Lipinski definition) is 2. The Morgan fingerprint density at radius 2 is 1.62 bits per heavy atom. The van der Waals surface area contributed by atoms with Crippen LogP contribution in [0.25, 0.3) is 0 Å². The highest BCUT2D eigenvalue weighted by Crippen LogP contribution is 2.29. The average molecular weight is 336 g/mol. The third-order valence-corrected chi connectivity index (χ3v) is 3.44. The third-order valence-electron chi connectivity index (χ3n) is 3.44. The zero-order chi connectivity index (χ0) is 17.4. The Hall–Kier alpha value is -2.34. The minimum absolute atomic E-state index is 0.121. The van der Waals surface area contributed by atoms with Crippen LogP contribution in [0.15, 0.2) is 54.6 Å². The van der Waals surface area contributed by atoms with E-state index in [1.54, 1.807) is 0 Å². The minimum atomic E-state index is -4.37. The Morgan fingerprint density at radius 3 is 2.25 bits per heavy atom. The second-order valence-electron chi connectivity index (χ2n) is 5.39. The molecule has 24 heavy (non-hydrogen) atoms. The van der Waals surface area contributed by atoms with Gasteiger partial charge in [0.05, 0.1) is 12.1 Å². The molecule has 128 valence electrons. The van der Waals surface area contributed by atoms with Crippen molar-refractivity contribution in [3.05, 3.63) is 65.7 Å². The first-order valence-corrected chi connectivity index (χ1v) is 7.67. The number of benzene rings is 2. The molecule has 0 aliphatic carbocycles. The van der Waals surface area contributed by atoms with E-state index in [0.29, 0.717) is 12.2 Å². The maximum Gasteiger partial charge on any atom is 0.416 e. The van der Waals surface area contributed by atoms with E-state index >= 15 is 0 Å². The van der Waals surface area contributed by atoms with Crippen LogP contribution in [0.2, 0.25) is 0 Å². The van der Waals surface area contributed by atoms with Crippen molar-refractivity contribution < 1.29 is 18.0 Å². The highest BCUT2D eigenvalue weighted by atomic mass is 19.4. The van der Waals surface area contributed by atoms with Gasteiger partial charge in [-0.15, -0.1) is 0 Å². The number of halogens is 3. The zero-order valence-corrected chi connectivity index (χ0v) is 13.1. The molecule has 0 saturated heterocycles. The molecule has 0 saturated carbocycles. The molecule has 0 fully saturated rings. The fraction of sp³-hybridized carbons (Fsp3) is 0.278. The van der Waals surface area contributed by atoms with Crippen molar-refractivity contribution in [2.24, 2.45) is 0 Å². The van der Waals surface area contributed by atoms with E-state index in [1.807, 2.05) is 18.2 Å². The summed E-state index contributed by atoms with van der Waals surface area (Å²) in [7, 11) is 0. The number of carbonyl (C=O) groups is 1. The Kier molecular flexibility index (Phi) is 6.37. The lowest BCUT2D eigenvalue weighted by molar-refractivity contribution is -0.137. The first-order valence-electron chi connectivity index (χ1n) is 7.67. The van der Waals surface area contributed by atoms with Crippen LogP contribution in [0, 0.1) is 0 Å². The van der Waals surface area contributed by atoms with Crippen LogP contribution in [-0.4, -0.2) is 19.0 Å². The van der Waals surface area contributed by atoms with Crippen LogP contribution < -0.4 is 10.6 Å². The zero-order valence-electron chi connectivity index (χ0n) is 13.1. The molecule has 3 nitrogen and oxygen atoms in total. The molecule has 2 aromatic rings. The van der Waals surface area contributed by atoms with Crippen LogP contribution in [0.3, 0.4) is 0 Å². The topological polar surface area (TPSA) is 41.1 Å². The quantitative estimate of drug-likeness (QED) is 0.754. The molecular weight excluding hydrogens is 317 g/mol.